The highest BCUT2D eigenvalue weighted by atomic mass is 16.4. The lowest BCUT2D eigenvalue weighted by atomic mass is 9.87. The Morgan fingerprint density at radius 3 is 2.83 bits per heavy atom. The second-order valence-corrected chi connectivity index (χ2v) is 3.29. The van der Waals surface area contributed by atoms with Crippen LogP contribution >= 0.6 is 0 Å². The van der Waals surface area contributed by atoms with Gasteiger partial charge < -0.3 is 5.11 Å². The zero-order valence-corrected chi connectivity index (χ0v) is 7.16. The zero-order chi connectivity index (χ0) is 9.14. The van der Waals surface area contributed by atoms with Crippen molar-refractivity contribution in [3.8, 4) is 12.3 Å². The van der Waals surface area contributed by atoms with Crippen molar-refractivity contribution in [1.82, 2.24) is 4.90 Å². The Labute approximate surface area is 72.4 Å². The summed E-state index contributed by atoms with van der Waals surface area (Å²) in [5.74, 6) is 1.88. The Morgan fingerprint density at radius 1 is 1.83 bits per heavy atom. The van der Waals surface area contributed by atoms with Gasteiger partial charge in [0.05, 0.1) is 12.5 Å². The van der Waals surface area contributed by atoms with Gasteiger partial charge in [-0.3, -0.25) is 9.69 Å². The summed E-state index contributed by atoms with van der Waals surface area (Å²) in [5.41, 5.74) is 0. The third-order valence-corrected chi connectivity index (χ3v) is 2.40. The van der Waals surface area contributed by atoms with Gasteiger partial charge in [0.25, 0.3) is 0 Å². The number of hydrogen-bond acceptors (Lipinski definition) is 2. The average Bonchev–Trinajstić information content (AvgIpc) is 1.94. The van der Waals surface area contributed by atoms with Crippen molar-refractivity contribution >= 4 is 5.97 Å². The topological polar surface area (TPSA) is 40.5 Å². The highest BCUT2D eigenvalue weighted by Gasteiger charge is 2.33. The van der Waals surface area contributed by atoms with E-state index in [1.165, 1.54) is 0 Å². The fourth-order valence-electron chi connectivity index (χ4n) is 1.39. The first kappa shape index (κ1) is 9.08. The van der Waals surface area contributed by atoms with E-state index in [1.54, 1.807) is 6.92 Å². The molecular weight excluding hydrogens is 154 g/mol. The molecule has 0 spiro atoms. The van der Waals surface area contributed by atoms with Gasteiger partial charge >= 0.3 is 5.97 Å². The van der Waals surface area contributed by atoms with Crippen LogP contribution in [0.2, 0.25) is 0 Å². The van der Waals surface area contributed by atoms with E-state index in [4.69, 9.17) is 11.5 Å². The molecule has 66 valence electrons. The maximum Gasteiger partial charge on any atom is 0.306 e. The first-order chi connectivity index (χ1) is 5.65. The van der Waals surface area contributed by atoms with E-state index >= 15 is 0 Å². The van der Waals surface area contributed by atoms with E-state index in [-0.39, 0.29) is 11.8 Å². The number of carboxylic acid groups (broad SMARTS) is 1. The molecule has 1 N–H and O–H groups in total. The van der Waals surface area contributed by atoms with Crippen LogP contribution in [0.1, 0.15) is 6.92 Å². The molecule has 0 radical (unpaired) electrons. The van der Waals surface area contributed by atoms with Crippen molar-refractivity contribution in [2.75, 3.05) is 19.6 Å². The Bertz CT molecular complexity index is 213. The number of carbonyl (C=O) groups is 1. The van der Waals surface area contributed by atoms with Crippen LogP contribution < -0.4 is 0 Å². The van der Waals surface area contributed by atoms with Gasteiger partial charge in [0.15, 0.2) is 0 Å². The number of terminal acetylenes is 1. The van der Waals surface area contributed by atoms with Crippen LogP contribution in [0.3, 0.4) is 0 Å². The molecule has 1 aliphatic heterocycles. The molecule has 3 heteroatoms. The van der Waals surface area contributed by atoms with Crippen LogP contribution in [-0.2, 0) is 4.79 Å². The van der Waals surface area contributed by atoms with Gasteiger partial charge in [-0.15, -0.1) is 6.42 Å². The van der Waals surface area contributed by atoms with Gasteiger partial charge in [-0.05, 0) is 5.92 Å². The summed E-state index contributed by atoms with van der Waals surface area (Å²) in [7, 11) is 0. The smallest absolute Gasteiger partial charge is 0.306 e. The molecule has 0 saturated carbocycles. The maximum atomic E-state index is 10.5. The Hall–Kier alpha value is -1.01. The van der Waals surface area contributed by atoms with Crippen molar-refractivity contribution in [3.63, 3.8) is 0 Å². The summed E-state index contributed by atoms with van der Waals surface area (Å²) in [6, 6.07) is 0. The molecule has 1 heterocycles. The summed E-state index contributed by atoms with van der Waals surface area (Å²) >= 11 is 0. The summed E-state index contributed by atoms with van der Waals surface area (Å²) < 4.78 is 0. The minimum Gasteiger partial charge on any atom is -0.481 e. The molecule has 1 atom stereocenters. The van der Waals surface area contributed by atoms with Crippen molar-refractivity contribution in [1.29, 1.82) is 0 Å². The molecule has 1 fully saturated rings. The van der Waals surface area contributed by atoms with E-state index in [2.05, 4.69) is 10.8 Å². The molecule has 0 aromatic rings. The Balaban J connectivity index is 2.26. The minimum atomic E-state index is -0.708. The number of carboxylic acids is 1. The minimum absolute atomic E-state index is 0.237. The second-order valence-electron chi connectivity index (χ2n) is 3.29. The standard InChI is InChI=1S/C9H13NO2/c1-3-4-10-5-8(6-10)7(2)9(11)12/h1,7-8H,4-6H2,2H3,(H,11,12). The van der Waals surface area contributed by atoms with Crippen molar-refractivity contribution in [2.24, 2.45) is 11.8 Å². The highest BCUT2D eigenvalue weighted by molar-refractivity contribution is 5.70. The van der Waals surface area contributed by atoms with Crippen LogP contribution in [0.5, 0.6) is 0 Å². The third-order valence-electron chi connectivity index (χ3n) is 2.40. The van der Waals surface area contributed by atoms with Crippen LogP contribution in [0, 0.1) is 24.2 Å². The summed E-state index contributed by atoms with van der Waals surface area (Å²) in [6.07, 6.45) is 5.11. The molecule has 1 unspecified atom stereocenters. The summed E-state index contributed by atoms with van der Waals surface area (Å²) in [5, 5.41) is 8.67. The van der Waals surface area contributed by atoms with Gasteiger partial charge in [0, 0.05) is 13.1 Å². The quantitative estimate of drug-likeness (QED) is 0.613. The van der Waals surface area contributed by atoms with E-state index in [1.807, 2.05) is 0 Å². The number of hydrogen-bond donors (Lipinski definition) is 1. The SMILES string of the molecule is C#CCN1CC(C(C)C(=O)O)C1. The molecule has 3 nitrogen and oxygen atoms in total. The molecule has 1 saturated heterocycles. The summed E-state index contributed by atoms with van der Waals surface area (Å²) in [6.45, 7) is 4.05. The number of likely N-dealkylation sites (tertiary alicyclic amines) is 1. The molecule has 1 aliphatic rings. The maximum absolute atomic E-state index is 10.5. The van der Waals surface area contributed by atoms with Crippen molar-refractivity contribution < 1.29 is 9.90 Å². The second kappa shape index (κ2) is 3.59. The van der Waals surface area contributed by atoms with E-state index in [0.29, 0.717) is 6.54 Å². The predicted octanol–water partition coefficient (Wildman–Crippen LogP) is 0.272. The fraction of sp³-hybridized carbons (Fsp3) is 0.667. The number of rotatable bonds is 3. The lowest BCUT2D eigenvalue weighted by Gasteiger charge is -2.40. The van der Waals surface area contributed by atoms with Crippen molar-refractivity contribution in [3.05, 3.63) is 0 Å². The van der Waals surface area contributed by atoms with Gasteiger partial charge in [-0.2, -0.15) is 0 Å². The Morgan fingerprint density at radius 2 is 2.42 bits per heavy atom. The monoisotopic (exact) mass is 167 g/mol. The molecule has 12 heavy (non-hydrogen) atoms. The first-order valence-electron chi connectivity index (χ1n) is 4.03. The van der Waals surface area contributed by atoms with Gasteiger partial charge in [0.1, 0.15) is 0 Å². The highest BCUT2D eigenvalue weighted by Crippen LogP contribution is 2.23. The van der Waals surface area contributed by atoms with E-state index in [9.17, 15) is 4.79 Å². The lowest BCUT2D eigenvalue weighted by molar-refractivity contribution is -0.145. The molecule has 0 bridgehead atoms. The molecule has 0 aromatic carbocycles. The molecule has 1 rings (SSSR count). The first-order valence-corrected chi connectivity index (χ1v) is 4.03. The van der Waals surface area contributed by atoms with E-state index in [0.717, 1.165) is 13.1 Å². The molecule has 0 amide bonds. The van der Waals surface area contributed by atoms with Crippen LogP contribution in [0.25, 0.3) is 0 Å². The van der Waals surface area contributed by atoms with Crippen LogP contribution in [0.4, 0.5) is 0 Å². The summed E-state index contributed by atoms with van der Waals surface area (Å²) in [4.78, 5) is 12.6. The van der Waals surface area contributed by atoms with Crippen LogP contribution in [-0.4, -0.2) is 35.6 Å². The largest absolute Gasteiger partial charge is 0.481 e. The lowest BCUT2D eigenvalue weighted by Crippen LogP contribution is -2.50. The number of aliphatic carboxylic acids is 1. The molecular formula is C9H13NO2. The van der Waals surface area contributed by atoms with Gasteiger partial charge in [-0.1, -0.05) is 12.8 Å². The normalized spacial score (nSPS) is 21.0. The van der Waals surface area contributed by atoms with Gasteiger partial charge in [-0.25, -0.2) is 0 Å². The zero-order valence-electron chi connectivity index (χ0n) is 7.16. The molecule has 0 aliphatic carbocycles. The van der Waals surface area contributed by atoms with E-state index < -0.39 is 5.97 Å². The Kier molecular flexibility index (Phi) is 2.72. The molecule has 0 aromatic heterocycles. The van der Waals surface area contributed by atoms with Crippen molar-refractivity contribution in [2.45, 2.75) is 6.92 Å². The van der Waals surface area contributed by atoms with Crippen LogP contribution in [0.15, 0.2) is 0 Å². The number of nitrogens with zero attached hydrogens (tertiary/aromatic N) is 1. The fourth-order valence-corrected chi connectivity index (χ4v) is 1.39. The predicted molar refractivity (Wildman–Crippen MR) is 45.6 cm³/mol. The van der Waals surface area contributed by atoms with Gasteiger partial charge in [0.2, 0.25) is 0 Å². The average molecular weight is 167 g/mol. The third kappa shape index (κ3) is 1.77.